The summed E-state index contributed by atoms with van der Waals surface area (Å²) in [5, 5.41) is 0. The van der Waals surface area contributed by atoms with Crippen LogP contribution in [-0.4, -0.2) is 0 Å². The largest absolute Gasteiger partial charge is 4.00 e. The Balaban J connectivity index is -0.0000000152. The Bertz CT molecular complexity index is 6.83. The normalized spacial score (nSPS) is 4.36. The summed E-state index contributed by atoms with van der Waals surface area (Å²) in [5.74, 6) is 0. The number of hydrogen-bond acceptors (Lipinski definition) is 0. The number of unbranched alkanes of at least 4 members (excludes halogenated alkanes) is 1. The van der Waals surface area contributed by atoms with Gasteiger partial charge in [-0.1, -0.05) is 13.3 Å². The molecule has 0 aromatic heterocycles. The molecule has 0 aliphatic heterocycles. The molecule has 0 N–H and O–H groups in total. The maximum atomic E-state index is 3.60. The van der Waals surface area contributed by atoms with Crippen molar-refractivity contribution in [2.75, 3.05) is 0 Å². The molecule has 0 aliphatic carbocycles. The van der Waals surface area contributed by atoms with Crippen molar-refractivity contribution in [2.24, 2.45) is 0 Å². The summed E-state index contributed by atoms with van der Waals surface area (Å²) in [4.78, 5) is 0. The number of rotatable bonds is 1. The molecule has 1 heteroatoms. The van der Waals surface area contributed by atoms with Crippen molar-refractivity contribution < 1.29 is 26.2 Å². The molecule has 0 fully saturated rings. The van der Waals surface area contributed by atoms with Gasteiger partial charge in [-0.15, -0.1) is 0 Å². The van der Waals surface area contributed by atoms with E-state index in [0.717, 1.165) is 6.42 Å². The van der Waals surface area contributed by atoms with E-state index in [4.69, 9.17) is 0 Å². The Kier molecular flexibility index (Phi) is 345. The molecule has 0 aromatic carbocycles. The van der Waals surface area contributed by atoms with Gasteiger partial charge in [0.05, 0.1) is 0 Å². The standard InChI is InChI=1S/C4H9.3C2H5.Zr/c1-3-4-2;3*1-2;/h1,3-4H2,2H3;3*1H2,2H3;/q4*-1;+4. The SMILES string of the molecule is [CH2-]C.[CH2-]C.[CH2-]C.[CH2-]CCC.[Zr+4]. The minimum absolute atomic E-state index is 0. The van der Waals surface area contributed by atoms with Gasteiger partial charge in [-0.25, -0.2) is 0 Å². The van der Waals surface area contributed by atoms with Gasteiger partial charge >= 0.3 is 26.2 Å². The average Bonchev–Trinajstić information content (AvgIpc) is 2.14. The van der Waals surface area contributed by atoms with Crippen molar-refractivity contribution in [3.8, 4) is 0 Å². The van der Waals surface area contributed by atoms with Crippen molar-refractivity contribution in [1.29, 1.82) is 0 Å². The smallest absolute Gasteiger partial charge is 0.346 e. The fourth-order valence-corrected chi connectivity index (χ4v) is 0. The Morgan fingerprint density at radius 3 is 0.909 bits per heavy atom. The quantitative estimate of drug-likeness (QED) is 0.599. The summed E-state index contributed by atoms with van der Waals surface area (Å²) >= 11 is 0. The third-order valence-electron chi connectivity index (χ3n) is 0.354. The molecule has 0 spiro atoms. The van der Waals surface area contributed by atoms with Gasteiger partial charge in [-0.05, 0) is 0 Å². The summed E-state index contributed by atoms with van der Waals surface area (Å²) in [7, 11) is 0. The van der Waals surface area contributed by atoms with Crippen molar-refractivity contribution in [2.45, 2.75) is 40.5 Å². The van der Waals surface area contributed by atoms with Crippen LogP contribution in [0.15, 0.2) is 0 Å². The van der Waals surface area contributed by atoms with Crippen molar-refractivity contribution in [1.82, 2.24) is 0 Å². The van der Waals surface area contributed by atoms with E-state index < -0.39 is 0 Å². The van der Waals surface area contributed by atoms with Crippen LogP contribution < -0.4 is 0 Å². The van der Waals surface area contributed by atoms with E-state index in [9.17, 15) is 0 Å². The first-order valence-corrected chi connectivity index (χ1v) is 3.83. The van der Waals surface area contributed by atoms with Crippen LogP contribution in [0.3, 0.4) is 0 Å². The van der Waals surface area contributed by atoms with Crippen LogP contribution in [-0.2, 0) is 26.2 Å². The summed E-state index contributed by atoms with van der Waals surface area (Å²) < 4.78 is 0. The average molecular weight is 236 g/mol. The van der Waals surface area contributed by atoms with E-state index >= 15 is 0 Å². The van der Waals surface area contributed by atoms with E-state index in [1.54, 1.807) is 20.8 Å². The third-order valence-corrected chi connectivity index (χ3v) is 0.354. The summed E-state index contributed by atoms with van der Waals surface area (Å²) in [6.07, 6.45) is 2.28. The van der Waals surface area contributed by atoms with Crippen molar-refractivity contribution in [3.63, 3.8) is 0 Å². The predicted molar refractivity (Wildman–Crippen MR) is 53.4 cm³/mol. The third kappa shape index (κ3) is 242. The van der Waals surface area contributed by atoms with Crippen LogP contribution in [0, 0.1) is 27.7 Å². The van der Waals surface area contributed by atoms with Gasteiger partial charge < -0.3 is 27.7 Å². The van der Waals surface area contributed by atoms with Gasteiger partial charge in [-0.2, -0.15) is 27.2 Å². The first kappa shape index (κ1) is 29.7. The Morgan fingerprint density at radius 1 is 0.818 bits per heavy atom. The zero-order valence-corrected chi connectivity index (χ0v) is 11.2. The van der Waals surface area contributed by atoms with Crippen LogP contribution in [0.1, 0.15) is 40.5 Å². The monoisotopic (exact) mass is 234 g/mol. The molecule has 11 heavy (non-hydrogen) atoms. The van der Waals surface area contributed by atoms with Crippen LogP contribution in [0.2, 0.25) is 0 Å². The van der Waals surface area contributed by atoms with E-state index in [2.05, 4.69) is 34.6 Å². The maximum Gasteiger partial charge on any atom is 4.00 e. The van der Waals surface area contributed by atoms with Gasteiger partial charge in [0.2, 0.25) is 0 Å². The fraction of sp³-hybridized carbons (Fsp3) is 0.600. The maximum absolute atomic E-state index is 3.60. The molecular formula is C10H24Zr. The van der Waals surface area contributed by atoms with Crippen LogP contribution in [0.25, 0.3) is 0 Å². The molecule has 0 atom stereocenters. The number of hydrogen-bond donors (Lipinski definition) is 0. The first-order valence-electron chi connectivity index (χ1n) is 3.83. The van der Waals surface area contributed by atoms with Gasteiger partial charge in [0.25, 0.3) is 0 Å². The Morgan fingerprint density at radius 2 is 0.909 bits per heavy atom. The van der Waals surface area contributed by atoms with Gasteiger partial charge in [0.15, 0.2) is 0 Å². The molecule has 0 aromatic rings. The summed E-state index contributed by atoms with van der Waals surface area (Å²) in [6.45, 7) is 20.7. The minimum atomic E-state index is 0. The fourth-order valence-electron chi connectivity index (χ4n) is 0. The van der Waals surface area contributed by atoms with Crippen molar-refractivity contribution in [3.05, 3.63) is 27.7 Å². The Hall–Kier alpha value is 0.883. The van der Waals surface area contributed by atoms with E-state index in [-0.39, 0.29) is 26.2 Å². The molecule has 0 amide bonds. The second-order valence-corrected chi connectivity index (χ2v) is 0.854. The molecule has 0 bridgehead atoms. The van der Waals surface area contributed by atoms with Gasteiger partial charge in [-0.3, -0.25) is 0 Å². The topological polar surface area (TPSA) is 0 Å². The molecule has 0 rings (SSSR count). The van der Waals surface area contributed by atoms with E-state index in [0.29, 0.717) is 0 Å². The van der Waals surface area contributed by atoms with Gasteiger partial charge in [0, 0.05) is 0 Å². The molecular weight excluding hydrogens is 211 g/mol. The Labute approximate surface area is 94.3 Å². The molecule has 0 saturated heterocycles. The minimum Gasteiger partial charge on any atom is -0.346 e. The second kappa shape index (κ2) is 128. The zero-order valence-electron chi connectivity index (χ0n) is 8.74. The second-order valence-electron chi connectivity index (χ2n) is 0.854. The molecule has 0 unspecified atom stereocenters. The molecule has 0 nitrogen and oxygen atoms in total. The molecule has 0 aliphatic rings. The first-order chi connectivity index (χ1) is 4.91. The molecule has 0 saturated carbocycles. The molecule has 0 heterocycles. The zero-order chi connectivity index (χ0) is 9.41. The van der Waals surface area contributed by atoms with E-state index in [1.807, 2.05) is 0 Å². The summed E-state index contributed by atoms with van der Waals surface area (Å²) in [5.41, 5.74) is 0. The summed E-state index contributed by atoms with van der Waals surface area (Å²) in [6, 6.07) is 0. The predicted octanol–water partition coefficient (Wildman–Crippen LogP) is 4.14. The van der Waals surface area contributed by atoms with Crippen LogP contribution in [0.5, 0.6) is 0 Å². The molecule has 68 valence electrons. The molecule has 0 radical (unpaired) electrons. The van der Waals surface area contributed by atoms with Crippen molar-refractivity contribution >= 4 is 0 Å². The van der Waals surface area contributed by atoms with Crippen LogP contribution >= 0.6 is 0 Å². The van der Waals surface area contributed by atoms with E-state index in [1.165, 1.54) is 6.42 Å². The van der Waals surface area contributed by atoms with Gasteiger partial charge in [0.1, 0.15) is 0 Å². The van der Waals surface area contributed by atoms with Crippen LogP contribution in [0.4, 0.5) is 0 Å².